The summed E-state index contributed by atoms with van der Waals surface area (Å²) in [6.45, 7) is 7.37. The van der Waals surface area contributed by atoms with Crippen LogP contribution in [0.2, 0.25) is 0 Å². The number of aryl methyl sites for hydroxylation is 1. The minimum Gasteiger partial charge on any atom is -0.344 e. The minimum absolute atomic E-state index is 0.0166. The average Bonchev–Trinajstić information content (AvgIpc) is 3.61. The zero-order valence-electron chi connectivity index (χ0n) is 21.7. The molecular weight excluding hydrogens is 444 g/mol. The first-order valence-electron chi connectivity index (χ1n) is 13.6. The van der Waals surface area contributed by atoms with Crippen LogP contribution in [0, 0.1) is 0 Å². The standard InChI is InChI=1S/C30H40N6/c1-3-17-31-21-28-33-20-27(36-28)30(2)15-13-23(14-16-30)8-7-22-9-11-24(12-10-22)26-19-34-29(35-26)25-6-4-5-18-32-25/h9-15,19-20,25,31-32H,3-8,16-18,21H2,1-2H3,(H,33,36)(H,34,35). The smallest absolute Gasteiger partial charge is 0.123 e. The maximum absolute atomic E-state index is 4.65. The van der Waals surface area contributed by atoms with E-state index in [0.29, 0.717) is 6.04 Å². The van der Waals surface area contributed by atoms with Gasteiger partial charge in [0.1, 0.15) is 11.6 Å². The van der Waals surface area contributed by atoms with Crippen molar-refractivity contribution in [2.45, 2.75) is 76.8 Å². The lowest BCUT2D eigenvalue weighted by Crippen LogP contribution is -2.27. The summed E-state index contributed by atoms with van der Waals surface area (Å²) >= 11 is 0. The summed E-state index contributed by atoms with van der Waals surface area (Å²) in [4.78, 5) is 16.3. The van der Waals surface area contributed by atoms with E-state index >= 15 is 0 Å². The summed E-state index contributed by atoms with van der Waals surface area (Å²) in [5, 5.41) is 6.99. The number of nitrogens with one attached hydrogen (secondary N) is 4. The van der Waals surface area contributed by atoms with Crippen LogP contribution >= 0.6 is 0 Å². The molecule has 1 aliphatic heterocycles. The van der Waals surface area contributed by atoms with E-state index in [1.54, 1.807) is 0 Å². The van der Waals surface area contributed by atoms with Crippen LogP contribution in [0.3, 0.4) is 0 Å². The first kappa shape index (κ1) is 24.7. The van der Waals surface area contributed by atoms with Gasteiger partial charge in [-0.25, -0.2) is 9.97 Å². The highest BCUT2D eigenvalue weighted by molar-refractivity contribution is 5.59. The van der Waals surface area contributed by atoms with Crippen molar-refractivity contribution >= 4 is 0 Å². The molecule has 2 aliphatic rings. The number of rotatable bonds is 10. The van der Waals surface area contributed by atoms with Crippen molar-refractivity contribution in [3.8, 4) is 11.3 Å². The second kappa shape index (κ2) is 11.4. The Hall–Kier alpha value is -2.96. The zero-order chi connectivity index (χ0) is 24.8. The Labute approximate surface area is 215 Å². The van der Waals surface area contributed by atoms with E-state index in [9.17, 15) is 0 Å². The molecule has 4 N–H and O–H groups in total. The lowest BCUT2D eigenvalue weighted by molar-refractivity contribution is 0.399. The fourth-order valence-corrected chi connectivity index (χ4v) is 5.17. The van der Waals surface area contributed by atoms with E-state index in [0.717, 1.165) is 69.1 Å². The Morgan fingerprint density at radius 2 is 1.94 bits per heavy atom. The number of aromatic nitrogens is 4. The van der Waals surface area contributed by atoms with Crippen LogP contribution in [0.5, 0.6) is 0 Å². The summed E-state index contributed by atoms with van der Waals surface area (Å²) in [5.74, 6) is 2.08. The molecule has 3 aromatic rings. The molecule has 1 saturated heterocycles. The number of hydrogen-bond donors (Lipinski definition) is 4. The highest BCUT2D eigenvalue weighted by Crippen LogP contribution is 2.33. The van der Waals surface area contributed by atoms with E-state index in [1.807, 2.05) is 12.4 Å². The van der Waals surface area contributed by atoms with E-state index in [1.165, 1.54) is 35.2 Å². The number of hydrogen-bond acceptors (Lipinski definition) is 4. The van der Waals surface area contributed by atoms with Gasteiger partial charge in [0.15, 0.2) is 0 Å². The minimum atomic E-state index is -0.0166. The van der Waals surface area contributed by atoms with Crippen LogP contribution in [-0.2, 0) is 18.4 Å². The van der Waals surface area contributed by atoms with Crippen molar-refractivity contribution < 1.29 is 0 Å². The van der Waals surface area contributed by atoms with Crippen molar-refractivity contribution in [1.82, 2.24) is 30.6 Å². The normalized spacial score (nSPS) is 22.1. The Morgan fingerprint density at radius 3 is 2.69 bits per heavy atom. The fraction of sp³-hybridized carbons (Fsp3) is 0.467. The fourth-order valence-electron chi connectivity index (χ4n) is 5.17. The molecule has 0 radical (unpaired) electrons. The Bertz CT molecular complexity index is 1180. The van der Waals surface area contributed by atoms with Crippen LogP contribution in [0.15, 0.2) is 60.5 Å². The highest BCUT2D eigenvalue weighted by Gasteiger charge is 2.27. The van der Waals surface area contributed by atoms with Gasteiger partial charge in [-0.3, -0.25) is 0 Å². The third-order valence-electron chi connectivity index (χ3n) is 7.62. The third kappa shape index (κ3) is 5.88. The molecule has 0 spiro atoms. The SMILES string of the molecule is CCCNCc1ncc(C2(C)C=CC(CCc3ccc(-c4cnc(C5CCCCN5)[nH]4)cc3)=CC2)[nH]1. The van der Waals surface area contributed by atoms with Crippen LogP contribution in [0.4, 0.5) is 0 Å². The van der Waals surface area contributed by atoms with Gasteiger partial charge in [0.05, 0.1) is 24.5 Å². The molecule has 0 saturated carbocycles. The quantitative estimate of drug-likeness (QED) is 0.271. The first-order chi connectivity index (χ1) is 17.6. The van der Waals surface area contributed by atoms with Crippen molar-refractivity contribution in [3.05, 3.63) is 83.4 Å². The Balaban J connectivity index is 1.13. The molecule has 1 aromatic carbocycles. The molecule has 0 bridgehead atoms. The van der Waals surface area contributed by atoms with Gasteiger partial charge in [0.25, 0.3) is 0 Å². The molecule has 6 nitrogen and oxygen atoms in total. The van der Waals surface area contributed by atoms with Crippen molar-refractivity contribution in [2.24, 2.45) is 0 Å². The molecule has 3 heterocycles. The van der Waals surface area contributed by atoms with Gasteiger partial charge in [0, 0.05) is 17.3 Å². The van der Waals surface area contributed by atoms with E-state index < -0.39 is 0 Å². The van der Waals surface area contributed by atoms with E-state index in [4.69, 9.17) is 0 Å². The van der Waals surface area contributed by atoms with Crippen molar-refractivity contribution in [3.63, 3.8) is 0 Å². The van der Waals surface area contributed by atoms with Crippen LogP contribution in [-0.4, -0.2) is 33.0 Å². The lowest BCUT2D eigenvalue weighted by Gasteiger charge is -2.27. The largest absolute Gasteiger partial charge is 0.344 e. The molecule has 5 rings (SSSR count). The number of nitrogens with zero attached hydrogens (tertiary/aromatic N) is 2. The molecule has 6 heteroatoms. The molecule has 1 fully saturated rings. The van der Waals surface area contributed by atoms with Gasteiger partial charge in [-0.05, 0) is 62.7 Å². The molecular formula is C30H40N6. The Morgan fingerprint density at radius 1 is 1.06 bits per heavy atom. The Kier molecular flexibility index (Phi) is 7.83. The number of aromatic amines is 2. The van der Waals surface area contributed by atoms with Gasteiger partial charge in [-0.2, -0.15) is 0 Å². The van der Waals surface area contributed by atoms with Crippen LogP contribution < -0.4 is 10.6 Å². The molecule has 2 aromatic heterocycles. The van der Waals surface area contributed by atoms with E-state index in [-0.39, 0.29) is 5.41 Å². The summed E-state index contributed by atoms with van der Waals surface area (Å²) in [6, 6.07) is 9.31. The molecule has 2 atom stereocenters. The second-order valence-electron chi connectivity index (χ2n) is 10.5. The summed E-state index contributed by atoms with van der Waals surface area (Å²) in [5.41, 5.74) is 6.26. The summed E-state index contributed by atoms with van der Waals surface area (Å²) < 4.78 is 0. The molecule has 1 aliphatic carbocycles. The van der Waals surface area contributed by atoms with Gasteiger partial charge in [0.2, 0.25) is 0 Å². The van der Waals surface area contributed by atoms with Gasteiger partial charge >= 0.3 is 0 Å². The summed E-state index contributed by atoms with van der Waals surface area (Å²) in [7, 11) is 0. The lowest BCUT2D eigenvalue weighted by atomic mass is 9.79. The van der Waals surface area contributed by atoms with Crippen LogP contribution in [0.1, 0.15) is 81.3 Å². The number of imidazole rings is 2. The van der Waals surface area contributed by atoms with Gasteiger partial charge in [-0.15, -0.1) is 0 Å². The second-order valence-corrected chi connectivity index (χ2v) is 10.5. The number of H-pyrrole nitrogens is 2. The van der Waals surface area contributed by atoms with Gasteiger partial charge < -0.3 is 20.6 Å². The topological polar surface area (TPSA) is 81.4 Å². The maximum atomic E-state index is 4.65. The maximum Gasteiger partial charge on any atom is 0.123 e. The predicted molar refractivity (Wildman–Crippen MR) is 147 cm³/mol. The molecule has 0 amide bonds. The number of allylic oxidation sites excluding steroid dienone is 4. The van der Waals surface area contributed by atoms with Crippen molar-refractivity contribution in [1.29, 1.82) is 0 Å². The molecule has 2 unspecified atom stereocenters. The predicted octanol–water partition coefficient (Wildman–Crippen LogP) is 5.89. The highest BCUT2D eigenvalue weighted by atomic mass is 15.0. The average molecular weight is 485 g/mol. The number of benzene rings is 1. The molecule has 36 heavy (non-hydrogen) atoms. The number of piperidine rings is 1. The van der Waals surface area contributed by atoms with Crippen LogP contribution in [0.25, 0.3) is 11.3 Å². The van der Waals surface area contributed by atoms with Crippen molar-refractivity contribution in [2.75, 3.05) is 13.1 Å². The summed E-state index contributed by atoms with van der Waals surface area (Å²) in [6.07, 6.45) is 19.0. The zero-order valence-corrected chi connectivity index (χ0v) is 21.7. The van der Waals surface area contributed by atoms with E-state index in [2.05, 4.69) is 86.9 Å². The molecule has 190 valence electrons. The first-order valence-corrected chi connectivity index (χ1v) is 13.6. The van der Waals surface area contributed by atoms with Gasteiger partial charge in [-0.1, -0.05) is 68.3 Å². The monoisotopic (exact) mass is 484 g/mol. The third-order valence-corrected chi connectivity index (χ3v) is 7.62.